The molecule has 0 saturated carbocycles. The smallest absolute Gasteiger partial charge is 0.295 e. The van der Waals surface area contributed by atoms with Gasteiger partial charge in [0.25, 0.3) is 10.1 Å². The minimum absolute atomic E-state index is 0.0457. The van der Waals surface area contributed by atoms with Crippen molar-refractivity contribution in [3.63, 3.8) is 0 Å². The molecule has 2 aromatic carbocycles. The van der Waals surface area contributed by atoms with Crippen LogP contribution in [0.2, 0.25) is 0 Å². The topological polar surface area (TPSA) is 66.4 Å². The van der Waals surface area contributed by atoms with Crippen LogP contribution in [0.4, 0.5) is 0 Å². The zero-order chi connectivity index (χ0) is 18.5. The number of hydrogen-bond acceptors (Lipinski definition) is 3. The van der Waals surface area contributed by atoms with Gasteiger partial charge in [0.15, 0.2) is 0 Å². The first-order valence-corrected chi connectivity index (χ1v) is 10.6. The van der Waals surface area contributed by atoms with E-state index in [-0.39, 0.29) is 4.90 Å². The standard InChI is InChI=1S/C10H23N.C10H8O3S/c1-3-5-7-9-11-10-8-6-4-2;11-14(12,13)10-7-3-5-8-4-1-2-6-9(8)10/h11H,3-10H2,1-2H3;1-7H,(H,11,12,13). The lowest BCUT2D eigenvalue weighted by Crippen LogP contribution is -2.16. The SMILES string of the molecule is CCCCCNCCCCC.O=S(=O)(O)c1cccc2ccccc12. The van der Waals surface area contributed by atoms with Crippen LogP contribution in [0.25, 0.3) is 10.8 Å². The molecule has 0 spiro atoms. The molecule has 0 heterocycles. The molecule has 0 unspecified atom stereocenters. The third kappa shape index (κ3) is 8.47. The largest absolute Gasteiger partial charge is 0.317 e. The zero-order valence-corrected chi connectivity index (χ0v) is 16.2. The van der Waals surface area contributed by atoms with Crippen molar-refractivity contribution in [3.8, 4) is 0 Å². The van der Waals surface area contributed by atoms with Crippen LogP contribution < -0.4 is 5.32 Å². The summed E-state index contributed by atoms with van der Waals surface area (Å²) in [4.78, 5) is -0.0457. The van der Waals surface area contributed by atoms with Crippen molar-refractivity contribution in [2.45, 2.75) is 57.3 Å². The maximum Gasteiger partial charge on any atom is 0.295 e. The van der Waals surface area contributed by atoms with Gasteiger partial charge in [0.1, 0.15) is 4.90 Å². The molecule has 0 amide bonds. The number of nitrogens with one attached hydrogen (secondary N) is 1. The lowest BCUT2D eigenvalue weighted by molar-refractivity contribution is 0.484. The Morgan fingerprint density at radius 3 is 1.96 bits per heavy atom. The predicted octanol–water partition coefficient (Wildman–Crippen LogP) is 5.04. The highest BCUT2D eigenvalue weighted by atomic mass is 32.2. The molecular formula is C20H31NO3S. The van der Waals surface area contributed by atoms with Crippen LogP contribution >= 0.6 is 0 Å². The van der Waals surface area contributed by atoms with Gasteiger partial charge in [-0.2, -0.15) is 8.42 Å². The Labute approximate surface area is 152 Å². The lowest BCUT2D eigenvalue weighted by Gasteiger charge is -2.02. The normalized spacial score (nSPS) is 11.2. The van der Waals surface area contributed by atoms with Crippen LogP contribution in [0.15, 0.2) is 47.4 Å². The van der Waals surface area contributed by atoms with Crippen molar-refractivity contribution >= 4 is 20.9 Å². The molecule has 0 aliphatic heterocycles. The average Bonchev–Trinajstić information content (AvgIpc) is 2.60. The van der Waals surface area contributed by atoms with Gasteiger partial charge in [-0.25, -0.2) is 0 Å². The van der Waals surface area contributed by atoms with Crippen molar-refractivity contribution in [3.05, 3.63) is 42.5 Å². The number of fused-ring (bicyclic) bond motifs is 1. The molecule has 2 N–H and O–H groups in total. The fourth-order valence-electron chi connectivity index (χ4n) is 2.55. The monoisotopic (exact) mass is 365 g/mol. The highest BCUT2D eigenvalue weighted by Crippen LogP contribution is 2.22. The number of rotatable bonds is 9. The third-order valence-corrected chi connectivity index (χ3v) is 4.85. The van der Waals surface area contributed by atoms with Gasteiger partial charge in [-0.1, -0.05) is 75.9 Å². The van der Waals surface area contributed by atoms with Gasteiger partial charge in [0.2, 0.25) is 0 Å². The van der Waals surface area contributed by atoms with E-state index in [4.69, 9.17) is 4.55 Å². The quantitative estimate of drug-likeness (QED) is 0.482. The molecule has 0 fully saturated rings. The summed E-state index contributed by atoms with van der Waals surface area (Å²) >= 11 is 0. The van der Waals surface area contributed by atoms with E-state index in [1.807, 2.05) is 6.07 Å². The summed E-state index contributed by atoms with van der Waals surface area (Å²) in [7, 11) is -4.13. The Balaban J connectivity index is 0.000000260. The van der Waals surface area contributed by atoms with Crippen LogP contribution in [-0.2, 0) is 10.1 Å². The molecule has 0 aliphatic rings. The number of hydrogen-bond donors (Lipinski definition) is 2. The summed E-state index contributed by atoms with van der Waals surface area (Å²) in [5.74, 6) is 0. The van der Waals surface area contributed by atoms with Gasteiger partial charge in [-0.15, -0.1) is 0 Å². The summed E-state index contributed by atoms with van der Waals surface area (Å²) in [6.07, 6.45) is 8.11. The highest BCUT2D eigenvalue weighted by Gasteiger charge is 2.12. The van der Waals surface area contributed by atoms with E-state index >= 15 is 0 Å². The predicted molar refractivity (Wildman–Crippen MR) is 106 cm³/mol. The van der Waals surface area contributed by atoms with E-state index in [1.54, 1.807) is 30.3 Å². The first-order valence-electron chi connectivity index (χ1n) is 9.16. The van der Waals surface area contributed by atoms with E-state index in [0.717, 1.165) is 5.39 Å². The maximum absolute atomic E-state index is 11.0. The first-order chi connectivity index (χ1) is 12.0. The van der Waals surface area contributed by atoms with Crippen molar-refractivity contribution in [2.75, 3.05) is 13.1 Å². The summed E-state index contributed by atoms with van der Waals surface area (Å²) in [6, 6.07) is 11.8. The molecule has 25 heavy (non-hydrogen) atoms. The van der Waals surface area contributed by atoms with Gasteiger partial charge < -0.3 is 5.32 Å². The van der Waals surface area contributed by atoms with Gasteiger partial charge >= 0.3 is 0 Å². The van der Waals surface area contributed by atoms with Crippen LogP contribution in [0.1, 0.15) is 52.4 Å². The van der Waals surface area contributed by atoms with Gasteiger partial charge in [-0.05, 0) is 37.4 Å². The molecule has 0 aliphatic carbocycles. The van der Waals surface area contributed by atoms with Crippen LogP contribution in [0.5, 0.6) is 0 Å². The van der Waals surface area contributed by atoms with Gasteiger partial charge in [-0.3, -0.25) is 4.55 Å². The summed E-state index contributed by atoms with van der Waals surface area (Å²) in [5, 5.41) is 4.79. The van der Waals surface area contributed by atoms with Gasteiger partial charge in [0, 0.05) is 5.39 Å². The summed E-state index contributed by atoms with van der Waals surface area (Å²) in [5.41, 5.74) is 0. The van der Waals surface area contributed by atoms with Crippen molar-refractivity contribution in [2.24, 2.45) is 0 Å². The molecule has 0 saturated heterocycles. The minimum atomic E-state index is -4.13. The fraction of sp³-hybridized carbons (Fsp3) is 0.500. The summed E-state index contributed by atoms with van der Waals surface area (Å²) in [6.45, 7) is 6.93. The minimum Gasteiger partial charge on any atom is -0.317 e. The molecule has 2 aromatic rings. The molecule has 0 atom stereocenters. The molecule has 140 valence electrons. The van der Waals surface area contributed by atoms with Crippen molar-refractivity contribution < 1.29 is 13.0 Å². The second-order valence-corrected chi connectivity index (χ2v) is 7.51. The lowest BCUT2D eigenvalue weighted by atomic mass is 10.1. The molecule has 2 rings (SSSR count). The van der Waals surface area contributed by atoms with Crippen molar-refractivity contribution in [1.29, 1.82) is 0 Å². The Morgan fingerprint density at radius 2 is 1.40 bits per heavy atom. The molecule has 0 bridgehead atoms. The van der Waals surface area contributed by atoms with Gasteiger partial charge in [0.05, 0.1) is 0 Å². The Kier molecular flexibility index (Phi) is 10.4. The third-order valence-electron chi connectivity index (χ3n) is 3.94. The fourth-order valence-corrected chi connectivity index (χ4v) is 3.26. The Morgan fingerprint density at radius 1 is 0.840 bits per heavy atom. The van der Waals surface area contributed by atoms with E-state index in [2.05, 4.69) is 19.2 Å². The molecular weight excluding hydrogens is 334 g/mol. The maximum atomic E-state index is 11.0. The van der Waals surface area contributed by atoms with Crippen LogP contribution in [0, 0.1) is 0 Å². The number of unbranched alkanes of at least 4 members (excludes halogenated alkanes) is 4. The van der Waals surface area contributed by atoms with Crippen LogP contribution in [0.3, 0.4) is 0 Å². The highest BCUT2D eigenvalue weighted by molar-refractivity contribution is 7.86. The average molecular weight is 366 g/mol. The Hall–Kier alpha value is -1.43. The second kappa shape index (κ2) is 12.0. The van der Waals surface area contributed by atoms with E-state index in [1.165, 1.54) is 57.7 Å². The van der Waals surface area contributed by atoms with E-state index in [0.29, 0.717) is 5.39 Å². The molecule has 0 aromatic heterocycles. The molecule has 5 heteroatoms. The summed E-state index contributed by atoms with van der Waals surface area (Å²) < 4.78 is 31.0. The van der Waals surface area contributed by atoms with E-state index < -0.39 is 10.1 Å². The zero-order valence-electron chi connectivity index (χ0n) is 15.4. The molecule has 0 radical (unpaired) electrons. The van der Waals surface area contributed by atoms with E-state index in [9.17, 15) is 8.42 Å². The van der Waals surface area contributed by atoms with Crippen LogP contribution in [-0.4, -0.2) is 26.1 Å². The second-order valence-electron chi connectivity index (χ2n) is 6.12. The Bertz CT molecular complexity index is 700. The number of benzene rings is 2. The molecule has 4 nitrogen and oxygen atoms in total. The first kappa shape index (κ1) is 21.6. The van der Waals surface area contributed by atoms with Crippen molar-refractivity contribution in [1.82, 2.24) is 5.32 Å².